The Bertz CT molecular complexity index is 914. The first-order valence-corrected chi connectivity index (χ1v) is 11.5. The van der Waals surface area contributed by atoms with E-state index in [0.717, 1.165) is 36.6 Å². The maximum atomic E-state index is 13.2. The van der Waals surface area contributed by atoms with E-state index in [4.69, 9.17) is 14.8 Å². The number of rotatable bonds is 3. The van der Waals surface area contributed by atoms with E-state index in [9.17, 15) is 4.79 Å². The molecule has 6 nitrogen and oxygen atoms in total. The maximum Gasteiger partial charge on any atom is 0.255 e. The van der Waals surface area contributed by atoms with Gasteiger partial charge in [0.15, 0.2) is 5.82 Å². The molecule has 2 fully saturated rings. The predicted molar refractivity (Wildman–Crippen MR) is 116 cm³/mol. The number of benzene rings is 1. The van der Waals surface area contributed by atoms with Gasteiger partial charge in [0, 0.05) is 24.6 Å². The van der Waals surface area contributed by atoms with Gasteiger partial charge in [-0.2, -0.15) is 4.98 Å². The molecule has 2 aromatic rings. The number of hydrogen-bond donors (Lipinski definition) is 0. The minimum absolute atomic E-state index is 0.00152. The van der Waals surface area contributed by atoms with Crippen LogP contribution in [-0.4, -0.2) is 40.4 Å². The lowest BCUT2D eigenvalue weighted by atomic mass is 9.64. The van der Waals surface area contributed by atoms with Crippen LogP contribution in [0.25, 0.3) is 11.4 Å². The lowest BCUT2D eigenvalue weighted by molar-refractivity contribution is -0.124. The fourth-order valence-corrected chi connectivity index (χ4v) is 6.17. The van der Waals surface area contributed by atoms with Gasteiger partial charge in [0.25, 0.3) is 5.91 Å². The van der Waals surface area contributed by atoms with Crippen molar-refractivity contribution in [3.8, 4) is 11.4 Å². The third-order valence-corrected chi connectivity index (χ3v) is 7.54. The summed E-state index contributed by atoms with van der Waals surface area (Å²) in [5.41, 5.74) is 2.23. The van der Waals surface area contributed by atoms with Gasteiger partial charge in [-0.25, -0.2) is 4.68 Å². The topological polar surface area (TPSA) is 60.2 Å². The van der Waals surface area contributed by atoms with Crippen LogP contribution >= 0.6 is 0 Å². The second-order valence-corrected chi connectivity index (χ2v) is 9.33. The predicted octanol–water partition coefficient (Wildman–Crippen LogP) is 4.46. The minimum atomic E-state index is -0.00152. The third-order valence-electron chi connectivity index (χ3n) is 7.54. The average Bonchev–Trinajstić information content (AvgIpc) is 3.21. The molecule has 0 saturated heterocycles. The molecule has 3 aliphatic rings. The molecule has 1 aromatic carbocycles. The fraction of sp³-hybridized carbons (Fsp3) is 0.625. The number of anilines is 1. The number of hydrogen-bond acceptors (Lipinski definition) is 4. The van der Waals surface area contributed by atoms with Crippen molar-refractivity contribution in [1.82, 2.24) is 14.8 Å². The Balaban J connectivity index is 1.67. The molecule has 1 aromatic heterocycles. The summed E-state index contributed by atoms with van der Waals surface area (Å²) in [5.74, 6) is 1.91. The molecule has 2 saturated carbocycles. The molecule has 0 N–H and O–H groups in total. The number of carbonyl (C=O) groups is 1. The number of fused-ring (bicyclic) bond motifs is 4. The monoisotopic (exact) mass is 408 g/mol. The molecule has 30 heavy (non-hydrogen) atoms. The normalized spacial score (nSPS) is 25.1. The van der Waals surface area contributed by atoms with Crippen LogP contribution in [0.3, 0.4) is 0 Å². The first-order chi connectivity index (χ1) is 14.6. The van der Waals surface area contributed by atoms with Crippen molar-refractivity contribution < 1.29 is 9.53 Å². The molecule has 2 atom stereocenters. The van der Waals surface area contributed by atoms with Crippen molar-refractivity contribution in [1.29, 1.82) is 0 Å². The van der Waals surface area contributed by atoms with Crippen LogP contribution in [0.5, 0.6) is 0 Å². The average molecular weight is 409 g/mol. The summed E-state index contributed by atoms with van der Waals surface area (Å²) in [6.45, 7) is 2.17. The number of amides is 1. The van der Waals surface area contributed by atoms with Crippen LogP contribution in [0.4, 0.5) is 5.95 Å². The van der Waals surface area contributed by atoms with E-state index in [1.54, 1.807) is 7.11 Å². The maximum absolute atomic E-state index is 13.2. The first-order valence-electron chi connectivity index (χ1n) is 11.5. The van der Waals surface area contributed by atoms with Crippen LogP contribution in [0.15, 0.2) is 24.3 Å². The SMILES string of the molecule is COCC(=O)N1c2nc(-c3ccc(C)cc3)nn2C2(CCCCC2)C2CCCCC21. The Morgan fingerprint density at radius 3 is 2.57 bits per heavy atom. The number of ether oxygens (including phenoxy) is 1. The van der Waals surface area contributed by atoms with Crippen molar-refractivity contribution in [2.75, 3.05) is 18.6 Å². The van der Waals surface area contributed by atoms with Gasteiger partial charge in [0.1, 0.15) is 6.61 Å². The van der Waals surface area contributed by atoms with Crippen LogP contribution in [0.1, 0.15) is 63.4 Å². The summed E-state index contributed by atoms with van der Waals surface area (Å²) in [5, 5.41) is 5.08. The molecule has 1 aliphatic heterocycles. The number of methoxy groups -OCH3 is 1. The van der Waals surface area contributed by atoms with Crippen molar-refractivity contribution in [3.63, 3.8) is 0 Å². The Morgan fingerprint density at radius 2 is 1.83 bits per heavy atom. The zero-order chi connectivity index (χ0) is 20.7. The lowest BCUT2D eigenvalue weighted by Crippen LogP contribution is -2.62. The standard InChI is InChI=1S/C24H32N4O2/c1-17-10-12-18(13-11-17)22-25-23-27(21(29)16-30-2)20-9-5-4-8-19(20)24(28(23)26-22)14-6-3-7-15-24/h10-13,19-20H,3-9,14-16H2,1-2H3. The van der Waals surface area contributed by atoms with Gasteiger partial charge in [-0.1, -0.05) is 61.9 Å². The van der Waals surface area contributed by atoms with Gasteiger partial charge in [0.2, 0.25) is 5.95 Å². The molecule has 6 heteroatoms. The van der Waals surface area contributed by atoms with E-state index < -0.39 is 0 Å². The minimum Gasteiger partial charge on any atom is -0.375 e. The fourth-order valence-electron chi connectivity index (χ4n) is 6.17. The van der Waals surface area contributed by atoms with Crippen molar-refractivity contribution in [2.45, 2.75) is 76.3 Å². The molecule has 1 spiro atoms. The van der Waals surface area contributed by atoms with Crippen LogP contribution < -0.4 is 4.90 Å². The zero-order valence-corrected chi connectivity index (χ0v) is 18.1. The van der Waals surface area contributed by atoms with Gasteiger partial charge in [-0.15, -0.1) is 5.10 Å². The van der Waals surface area contributed by atoms with Gasteiger partial charge in [-0.05, 0) is 32.6 Å². The Morgan fingerprint density at radius 1 is 1.10 bits per heavy atom. The Kier molecular flexibility index (Phi) is 5.13. The van der Waals surface area contributed by atoms with Gasteiger partial charge < -0.3 is 4.74 Å². The highest BCUT2D eigenvalue weighted by molar-refractivity contribution is 5.94. The summed E-state index contributed by atoms with van der Waals surface area (Å²) in [6.07, 6.45) is 10.7. The molecule has 2 heterocycles. The highest BCUT2D eigenvalue weighted by atomic mass is 16.5. The number of carbonyl (C=O) groups excluding carboxylic acids is 1. The Hall–Kier alpha value is -2.21. The van der Waals surface area contributed by atoms with Crippen molar-refractivity contribution in [2.24, 2.45) is 5.92 Å². The van der Waals surface area contributed by atoms with Gasteiger partial charge in [0.05, 0.1) is 5.54 Å². The van der Waals surface area contributed by atoms with E-state index in [-0.39, 0.29) is 24.1 Å². The second-order valence-electron chi connectivity index (χ2n) is 9.33. The molecule has 2 unspecified atom stereocenters. The Labute approximate surface area is 178 Å². The van der Waals surface area contributed by atoms with E-state index in [1.165, 1.54) is 44.1 Å². The number of aromatic nitrogens is 3. The molecule has 0 bridgehead atoms. The lowest BCUT2D eigenvalue weighted by Gasteiger charge is -2.55. The van der Waals surface area contributed by atoms with E-state index in [0.29, 0.717) is 5.92 Å². The van der Waals surface area contributed by atoms with Gasteiger partial charge in [-0.3, -0.25) is 9.69 Å². The highest BCUT2D eigenvalue weighted by Gasteiger charge is 2.55. The van der Waals surface area contributed by atoms with Crippen LogP contribution in [-0.2, 0) is 15.1 Å². The third kappa shape index (κ3) is 3.08. The van der Waals surface area contributed by atoms with E-state index in [2.05, 4.69) is 35.9 Å². The van der Waals surface area contributed by atoms with Gasteiger partial charge >= 0.3 is 0 Å². The largest absolute Gasteiger partial charge is 0.375 e. The summed E-state index contributed by atoms with van der Waals surface area (Å²) >= 11 is 0. The number of nitrogens with zero attached hydrogens (tertiary/aromatic N) is 4. The summed E-state index contributed by atoms with van der Waals surface area (Å²) < 4.78 is 7.41. The van der Waals surface area contributed by atoms with Crippen LogP contribution in [0.2, 0.25) is 0 Å². The second kappa shape index (κ2) is 7.80. The summed E-state index contributed by atoms with van der Waals surface area (Å²) in [4.78, 5) is 20.1. The molecule has 160 valence electrons. The quantitative estimate of drug-likeness (QED) is 0.752. The zero-order valence-electron chi connectivity index (χ0n) is 18.1. The van der Waals surface area contributed by atoms with E-state index >= 15 is 0 Å². The summed E-state index contributed by atoms with van der Waals surface area (Å²) in [7, 11) is 1.59. The summed E-state index contributed by atoms with van der Waals surface area (Å²) in [6, 6.07) is 8.57. The molecule has 0 radical (unpaired) electrons. The molecular formula is C24H32N4O2. The van der Waals surface area contributed by atoms with E-state index in [1.807, 2.05) is 4.90 Å². The molecule has 2 aliphatic carbocycles. The molecule has 5 rings (SSSR count). The van der Waals surface area contributed by atoms with Crippen molar-refractivity contribution >= 4 is 11.9 Å². The first kappa shape index (κ1) is 19.7. The number of aryl methyl sites for hydroxylation is 1. The van der Waals surface area contributed by atoms with Crippen molar-refractivity contribution in [3.05, 3.63) is 29.8 Å². The molecule has 1 amide bonds. The van der Waals surface area contributed by atoms with Crippen LogP contribution in [0, 0.1) is 12.8 Å². The highest BCUT2D eigenvalue weighted by Crippen LogP contribution is 2.53. The molecular weight excluding hydrogens is 376 g/mol. The smallest absolute Gasteiger partial charge is 0.255 e.